The molecule has 0 bridgehead atoms. The molecular weight excluding hydrogens is 466 g/mol. The number of nitrogens with one attached hydrogen (secondary N) is 2. The number of amides is 1. The summed E-state index contributed by atoms with van der Waals surface area (Å²) >= 11 is 24.6. The number of hydrogen-bond acceptors (Lipinski definition) is 3. The maximum absolute atomic E-state index is 12.2. The molecule has 4 nitrogen and oxygen atoms in total. The van der Waals surface area contributed by atoms with E-state index in [2.05, 4.69) is 10.6 Å². The van der Waals surface area contributed by atoms with Gasteiger partial charge in [-0.3, -0.25) is 4.79 Å². The van der Waals surface area contributed by atoms with Crippen molar-refractivity contribution in [1.82, 2.24) is 0 Å². The average molecular weight is 484 g/mol. The zero-order valence-corrected chi connectivity index (χ0v) is 19.0. The van der Waals surface area contributed by atoms with Gasteiger partial charge < -0.3 is 15.4 Å². The van der Waals surface area contributed by atoms with Crippen molar-refractivity contribution in [2.45, 2.75) is 13.5 Å². The van der Waals surface area contributed by atoms with E-state index < -0.39 is 0 Å². The highest BCUT2D eigenvalue weighted by atomic mass is 35.5. The van der Waals surface area contributed by atoms with Crippen LogP contribution < -0.4 is 15.4 Å². The van der Waals surface area contributed by atoms with Crippen LogP contribution in [0.4, 0.5) is 11.4 Å². The molecule has 0 heterocycles. The van der Waals surface area contributed by atoms with Crippen molar-refractivity contribution in [2.24, 2.45) is 0 Å². The third-order valence-electron chi connectivity index (χ3n) is 4.20. The van der Waals surface area contributed by atoms with Crippen molar-refractivity contribution in [1.29, 1.82) is 0 Å². The Labute approximate surface area is 195 Å². The molecule has 8 heteroatoms. The van der Waals surface area contributed by atoms with Crippen molar-refractivity contribution in [2.75, 3.05) is 17.2 Å². The largest absolute Gasteiger partial charge is 0.481 e. The number of carbonyl (C=O) groups is 1. The van der Waals surface area contributed by atoms with Crippen molar-refractivity contribution in [3.63, 3.8) is 0 Å². The molecule has 3 rings (SSSR count). The standard InChI is InChI=1S/C22H18Cl4N2O2/c1-13-2-5-17(10-18(13)24)28-21(29)12-30-22-19(25)8-14(9-20(22)26)11-27-16-6-3-15(23)4-7-16/h2-10,27H,11-12H2,1H3,(H,28,29). The Bertz CT molecular complexity index is 1030. The number of benzene rings is 3. The summed E-state index contributed by atoms with van der Waals surface area (Å²) in [5, 5.41) is 7.86. The van der Waals surface area contributed by atoms with Crippen LogP contribution in [0.3, 0.4) is 0 Å². The first-order chi connectivity index (χ1) is 14.3. The van der Waals surface area contributed by atoms with Gasteiger partial charge in [0.15, 0.2) is 12.4 Å². The highest BCUT2D eigenvalue weighted by molar-refractivity contribution is 6.37. The van der Waals surface area contributed by atoms with Gasteiger partial charge in [-0.15, -0.1) is 0 Å². The topological polar surface area (TPSA) is 50.4 Å². The van der Waals surface area contributed by atoms with Gasteiger partial charge in [0, 0.05) is 28.0 Å². The fraction of sp³-hybridized carbons (Fsp3) is 0.136. The van der Waals surface area contributed by atoms with E-state index >= 15 is 0 Å². The molecule has 0 aromatic heterocycles. The molecule has 0 aliphatic rings. The molecule has 0 unspecified atom stereocenters. The quantitative estimate of drug-likeness (QED) is 0.372. The molecule has 0 radical (unpaired) electrons. The fourth-order valence-corrected chi connectivity index (χ4v) is 3.58. The number of aryl methyl sites for hydroxylation is 1. The molecule has 0 saturated carbocycles. The highest BCUT2D eigenvalue weighted by Crippen LogP contribution is 2.34. The molecule has 0 spiro atoms. The SMILES string of the molecule is Cc1ccc(NC(=O)COc2c(Cl)cc(CNc3ccc(Cl)cc3)cc2Cl)cc1Cl. The lowest BCUT2D eigenvalue weighted by Gasteiger charge is -2.13. The second kappa shape index (κ2) is 10.3. The van der Waals surface area contributed by atoms with Crippen LogP contribution in [0.5, 0.6) is 5.75 Å². The normalized spacial score (nSPS) is 10.6. The van der Waals surface area contributed by atoms with Crippen LogP contribution in [-0.2, 0) is 11.3 Å². The molecule has 0 aliphatic carbocycles. The predicted octanol–water partition coefficient (Wildman–Crippen LogP) is 7.24. The number of hydrogen-bond donors (Lipinski definition) is 2. The first-order valence-corrected chi connectivity index (χ1v) is 10.5. The van der Waals surface area contributed by atoms with Gasteiger partial charge in [0.05, 0.1) is 10.0 Å². The van der Waals surface area contributed by atoms with E-state index in [-0.39, 0.29) is 18.3 Å². The molecule has 0 saturated heterocycles. The lowest BCUT2D eigenvalue weighted by molar-refractivity contribution is -0.118. The lowest BCUT2D eigenvalue weighted by Crippen LogP contribution is -2.20. The number of ether oxygens (including phenoxy) is 1. The maximum atomic E-state index is 12.2. The zero-order valence-electron chi connectivity index (χ0n) is 15.9. The molecule has 2 N–H and O–H groups in total. The number of rotatable bonds is 7. The Morgan fingerprint density at radius 1 is 0.867 bits per heavy atom. The second-order valence-corrected chi connectivity index (χ2v) is 8.21. The summed E-state index contributed by atoms with van der Waals surface area (Å²) in [6.07, 6.45) is 0. The molecule has 0 atom stereocenters. The molecule has 1 amide bonds. The van der Waals surface area contributed by atoms with Gasteiger partial charge in [-0.2, -0.15) is 0 Å². The summed E-state index contributed by atoms with van der Waals surface area (Å²) in [6.45, 7) is 2.15. The van der Waals surface area contributed by atoms with Crippen LogP contribution in [0.1, 0.15) is 11.1 Å². The van der Waals surface area contributed by atoms with Gasteiger partial charge in [0.2, 0.25) is 0 Å². The minimum absolute atomic E-state index is 0.243. The van der Waals surface area contributed by atoms with Crippen LogP contribution in [0.2, 0.25) is 20.1 Å². The smallest absolute Gasteiger partial charge is 0.262 e. The van der Waals surface area contributed by atoms with Gasteiger partial charge in [-0.1, -0.05) is 52.5 Å². The second-order valence-electron chi connectivity index (χ2n) is 6.55. The molecule has 3 aromatic carbocycles. The summed E-state index contributed by atoms with van der Waals surface area (Å²) in [4.78, 5) is 12.2. The molecule has 156 valence electrons. The van der Waals surface area contributed by atoms with Crippen molar-refractivity contribution in [3.8, 4) is 5.75 Å². The van der Waals surface area contributed by atoms with Gasteiger partial charge in [0.25, 0.3) is 5.91 Å². The Balaban J connectivity index is 1.58. The van der Waals surface area contributed by atoms with E-state index in [1.807, 2.05) is 25.1 Å². The van der Waals surface area contributed by atoms with Crippen LogP contribution in [0.25, 0.3) is 0 Å². The van der Waals surface area contributed by atoms with Gasteiger partial charge >= 0.3 is 0 Å². The lowest BCUT2D eigenvalue weighted by atomic mass is 10.2. The Morgan fingerprint density at radius 2 is 1.50 bits per heavy atom. The van der Waals surface area contributed by atoms with Crippen molar-refractivity contribution in [3.05, 3.63) is 85.8 Å². The van der Waals surface area contributed by atoms with E-state index in [9.17, 15) is 4.79 Å². The third kappa shape index (κ3) is 6.19. The Hall–Kier alpha value is -2.11. The highest BCUT2D eigenvalue weighted by Gasteiger charge is 2.13. The minimum atomic E-state index is -0.351. The summed E-state index contributed by atoms with van der Waals surface area (Å²) < 4.78 is 5.54. The molecular formula is C22H18Cl4N2O2. The molecule has 0 fully saturated rings. The van der Waals surface area contributed by atoms with Crippen LogP contribution in [-0.4, -0.2) is 12.5 Å². The van der Waals surface area contributed by atoms with E-state index in [0.29, 0.717) is 32.3 Å². The third-order valence-corrected chi connectivity index (χ3v) is 5.42. The van der Waals surface area contributed by atoms with E-state index in [0.717, 1.165) is 16.8 Å². The fourth-order valence-electron chi connectivity index (χ4n) is 2.63. The number of halogens is 4. The monoisotopic (exact) mass is 482 g/mol. The molecule has 0 aliphatic heterocycles. The zero-order chi connectivity index (χ0) is 21.7. The van der Waals surface area contributed by atoms with Crippen molar-refractivity contribution < 1.29 is 9.53 Å². The number of carbonyl (C=O) groups excluding carboxylic acids is 1. The summed E-state index contributed by atoms with van der Waals surface area (Å²) in [5.41, 5.74) is 3.29. The minimum Gasteiger partial charge on any atom is -0.481 e. The first-order valence-electron chi connectivity index (χ1n) is 8.98. The van der Waals surface area contributed by atoms with Gasteiger partial charge in [-0.25, -0.2) is 0 Å². The van der Waals surface area contributed by atoms with Crippen LogP contribution in [0.15, 0.2) is 54.6 Å². The van der Waals surface area contributed by atoms with E-state index in [1.165, 1.54) is 0 Å². The summed E-state index contributed by atoms with van der Waals surface area (Å²) in [5.74, 6) is -0.0961. The Morgan fingerprint density at radius 3 is 2.13 bits per heavy atom. The molecule has 30 heavy (non-hydrogen) atoms. The van der Waals surface area contributed by atoms with E-state index in [1.54, 1.807) is 36.4 Å². The van der Waals surface area contributed by atoms with E-state index in [4.69, 9.17) is 51.1 Å². The van der Waals surface area contributed by atoms with Gasteiger partial charge in [0.1, 0.15) is 0 Å². The Kier molecular flexibility index (Phi) is 7.73. The average Bonchev–Trinajstić information content (AvgIpc) is 2.70. The van der Waals surface area contributed by atoms with Crippen LogP contribution in [0, 0.1) is 6.92 Å². The van der Waals surface area contributed by atoms with Gasteiger partial charge in [-0.05, 0) is 66.6 Å². The summed E-state index contributed by atoms with van der Waals surface area (Å²) in [6, 6.07) is 16.1. The predicted molar refractivity (Wildman–Crippen MR) is 126 cm³/mol. The first kappa shape index (κ1) is 22.6. The number of anilines is 2. The van der Waals surface area contributed by atoms with Crippen LogP contribution >= 0.6 is 46.4 Å². The molecule has 3 aromatic rings. The van der Waals surface area contributed by atoms with Crippen molar-refractivity contribution >= 4 is 63.7 Å². The maximum Gasteiger partial charge on any atom is 0.262 e. The summed E-state index contributed by atoms with van der Waals surface area (Å²) in [7, 11) is 0.